The number of benzene rings is 6. The van der Waals surface area contributed by atoms with Gasteiger partial charge in [0.05, 0.1) is 12.5 Å². The zero-order valence-electron chi connectivity index (χ0n) is 27.6. The van der Waals surface area contributed by atoms with E-state index >= 15 is 0 Å². The second-order valence-electron chi connectivity index (χ2n) is 11.7. The average molecular weight is 629 g/mol. The SMILES string of the molecule is C=COCc1ccc(N(c2ccc(C)cc2)c2ccc(-c3ccc(N(c4ccc(C)cc4)c4ccc(COC=C)cc4)cc3)cc2)cc1. The molecule has 0 amide bonds. The molecule has 238 valence electrons. The van der Waals surface area contributed by atoms with E-state index in [9.17, 15) is 0 Å². The van der Waals surface area contributed by atoms with E-state index in [2.05, 4.69) is 182 Å². The molecule has 0 spiro atoms. The minimum absolute atomic E-state index is 0.502. The molecule has 0 aromatic heterocycles. The Balaban J connectivity index is 1.28. The fourth-order valence-corrected chi connectivity index (χ4v) is 5.68. The molecule has 48 heavy (non-hydrogen) atoms. The highest BCUT2D eigenvalue weighted by molar-refractivity contribution is 5.80. The molecular weight excluding hydrogens is 588 g/mol. The quantitative estimate of drug-likeness (QED) is 0.119. The van der Waals surface area contributed by atoms with Crippen LogP contribution in [0.1, 0.15) is 22.3 Å². The molecule has 0 aliphatic heterocycles. The lowest BCUT2D eigenvalue weighted by molar-refractivity contribution is 0.237. The first kappa shape index (κ1) is 32.0. The number of rotatable bonds is 13. The van der Waals surface area contributed by atoms with Crippen molar-refractivity contribution in [3.63, 3.8) is 0 Å². The van der Waals surface area contributed by atoms with Crippen molar-refractivity contribution in [1.29, 1.82) is 0 Å². The second-order valence-corrected chi connectivity index (χ2v) is 11.7. The maximum absolute atomic E-state index is 5.38. The van der Waals surface area contributed by atoms with Crippen LogP contribution in [-0.4, -0.2) is 0 Å². The lowest BCUT2D eigenvalue weighted by Crippen LogP contribution is -2.10. The number of hydrogen-bond acceptors (Lipinski definition) is 4. The molecule has 6 aromatic carbocycles. The molecule has 6 aromatic rings. The molecule has 0 unspecified atom stereocenters. The molecule has 0 fully saturated rings. The topological polar surface area (TPSA) is 24.9 Å². The van der Waals surface area contributed by atoms with Crippen molar-refractivity contribution < 1.29 is 9.47 Å². The first-order valence-corrected chi connectivity index (χ1v) is 16.1. The van der Waals surface area contributed by atoms with Crippen molar-refractivity contribution >= 4 is 34.1 Å². The first-order chi connectivity index (χ1) is 23.5. The van der Waals surface area contributed by atoms with Gasteiger partial charge in [-0.1, -0.05) is 97.1 Å². The highest BCUT2D eigenvalue weighted by Crippen LogP contribution is 2.38. The van der Waals surface area contributed by atoms with Crippen LogP contribution in [0.4, 0.5) is 34.1 Å². The van der Waals surface area contributed by atoms with Crippen LogP contribution in [0.3, 0.4) is 0 Å². The molecule has 0 N–H and O–H groups in total. The molecule has 0 radical (unpaired) electrons. The van der Waals surface area contributed by atoms with Crippen molar-refractivity contribution in [2.45, 2.75) is 27.1 Å². The fourth-order valence-electron chi connectivity index (χ4n) is 5.68. The van der Waals surface area contributed by atoms with E-state index in [0.29, 0.717) is 13.2 Å². The Morgan fingerprint density at radius 2 is 0.646 bits per heavy atom. The van der Waals surface area contributed by atoms with Gasteiger partial charge in [0, 0.05) is 34.1 Å². The van der Waals surface area contributed by atoms with Crippen molar-refractivity contribution in [2.24, 2.45) is 0 Å². The van der Waals surface area contributed by atoms with Crippen LogP contribution in [-0.2, 0) is 22.7 Å². The summed E-state index contributed by atoms with van der Waals surface area (Å²) in [5.74, 6) is 0. The summed E-state index contributed by atoms with van der Waals surface area (Å²) in [4.78, 5) is 4.55. The summed E-state index contributed by atoms with van der Waals surface area (Å²) in [5.41, 5.74) is 13.5. The Bertz CT molecular complexity index is 1780. The smallest absolute Gasteiger partial charge is 0.112 e. The standard InChI is InChI=1S/C44H40N2O2/c1-5-47-31-35-11-23-41(24-12-35)45(39-19-7-33(3)8-20-39)43-27-15-37(16-28-43)38-17-29-44(30-18-38)46(40-21-9-34(4)10-22-40)42-25-13-36(14-26-42)32-48-6-2/h5-30H,1-2,31-32H2,3-4H3. The Morgan fingerprint density at radius 1 is 0.396 bits per heavy atom. The average Bonchev–Trinajstić information content (AvgIpc) is 3.13. The lowest BCUT2D eigenvalue weighted by atomic mass is 10.0. The highest BCUT2D eigenvalue weighted by Gasteiger charge is 2.15. The zero-order valence-corrected chi connectivity index (χ0v) is 27.6. The van der Waals surface area contributed by atoms with Crippen molar-refractivity contribution in [2.75, 3.05) is 9.80 Å². The minimum atomic E-state index is 0.502. The Hall–Kier alpha value is -6.00. The summed E-state index contributed by atoms with van der Waals surface area (Å²) in [6.45, 7) is 12.5. The van der Waals surface area contributed by atoms with E-state index in [0.717, 1.165) is 56.4 Å². The molecule has 0 saturated heterocycles. The molecule has 0 saturated carbocycles. The second kappa shape index (κ2) is 15.1. The van der Waals surface area contributed by atoms with Gasteiger partial charge in [0.2, 0.25) is 0 Å². The Kier molecular flexibility index (Phi) is 10.0. The van der Waals surface area contributed by atoms with Crippen LogP contribution in [0.5, 0.6) is 0 Å². The number of ether oxygens (including phenoxy) is 2. The number of anilines is 6. The van der Waals surface area contributed by atoms with Crippen molar-refractivity contribution in [3.8, 4) is 11.1 Å². The zero-order chi connectivity index (χ0) is 33.3. The lowest BCUT2D eigenvalue weighted by Gasteiger charge is -2.26. The van der Waals surface area contributed by atoms with E-state index in [1.807, 2.05) is 0 Å². The van der Waals surface area contributed by atoms with Crippen LogP contribution < -0.4 is 9.80 Å². The van der Waals surface area contributed by atoms with Gasteiger partial charge < -0.3 is 19.3 Å². The van der Waals surface area contributed by atoms with Crippen LogP contribution in [0, 0.1) is 13.8 Å². The third-order valence-electron chi connectivity index (χ3n) is 8.29. The van der Waals surface area contributed by atoms with E-state index in [-0.39, 0.29) is 0 Å². The summed E-state index contributed by atoms with van der Waals surface area (Å²) in [6.07, 6.45) is 2.95. The molecule has 0 bridgehead atoms. The van der Waals surface area contributed by atoms with Gasteiger partial charge in [0.1, 0.15) is 13.2 Å². The van der Waals surface area contributed by atoms with Gasteiger partial charge in [-0.05, 0) is 109 Å². The molecule has 0 aliphatic carbocycles. The van der Waals surface area contributed by atoms with Gasteiger partial charge in [-0.2, -0.15) is 0 Å². The van der Waals surface area contributed by atoms with E-state index in [1.54, 1.807) is 0 Å². The number of nitrogens with zero attached hydrogens (tertiary/aromatic N) is 2. The molecular formula is C44H40N2O2. The van der Waals surface area contributed by atoms with Crippen molar-refractivity contribution in [1.82, 2.24) is 0 Å². The van der Waals surface area contributed by atoms with E-state index < -0.39 is 0 Å². The van der Waals surface area contributed by atoms with Gasteiger partial charge in [0.15, 0.2) is 0 Å². The first-order valence-electron chi connectivity index (χ1n) is 16.1. The fraction of sp³-hybridized carbons (Fsp3) is 0.0909. The summed E-state index contributed by atoms with van der Waals surface area (Å²) >= 11 is 0. The van der Waals surface area contributed by atoms with Gasteiger partial charge in [-0.25, -0.2) is 0 Å². The normalized spacial score (nSPS) is 10.6. The van der Waals surface area contributed by atoms with E-state index in [1.165, 1.54) is 23.7 Å². The molecule has 0 atom stereocenters. The molecule has 4 heteroatoms. The minimum Gasteiger partial charge on any atom is -0.497 e. The molecule has 0 heterocycles. The monoisotopic (exact) mass is 628 g/mol. The third-order valence-corrected chi connectivity index (χ3v) is 8.29. The largest absolute Gasteiger partial charge is 0.497 e. The van der Waals surface area contributed by atoms with E-state index in [4.69, 9.17) is 9.47 Å². The van der Waals surface area contributed by atoms with Gasteiger partial charge in [-0.15, -0.1) is 0 Å². The van der Waals surface area contributed by atoms with Gasteiger partial charge in [-0.3, -0.25) is 0 Å². The van der Waals surface area contributed by atoms with Crippen LogP contribution >= 0.6 is 0 Å². The molecule has 4 nitrogen and oxygen atoms in total. The third kappa shape index (κ3) is 7.51. The number of aryl methyl sites for hydroxylation is 2. The maximum Gasteiger partial charge on any atom is 0.112 e. The predicted molar refractivity (Wildman–Crippen MR) is 201 cm³/mol. The molecule has 0 aliphatic rings. The summed E-state index contributed by atoms with van der Waals surface area (Å²) in [5, 5.41) is 0. The molecule has 6 rings (SSSR count). The van der Waals surface area contributed by atoms with Gasteiger partial charge >= 0.3 is 0 Å². The van der Waals surface area contributed by atoms with Crippen LogP contribution in [0.15, 0.2) is 171 Å². The van der Waals surface area contributed by atoms with Crippen LogP contribution in [0.2, 0.25) is 0 Å². The Morgan fingerprint density at radius 3 is 0.917 bits per heavy atom. The summed E-state index contributed by atoms with van der Waals surface area (Å²) < 4.78 is 10.8. The van der Waals surface area contributed by atoms with Crippen molar-refractivity contribution in [3.05, 3.63) is 194 Å². The highest BCUT2D eigenvalue weighted by atomic mass is 16.5. The maximum atomic E-state index is 5.38. The Labute approximate surface area is 284 Å². The van der Waals surface area contributed by atoms with Gasteiger partial charge in [0.25, 0.3) is 0 Å². The number of hydrogen-bond donors (Lipinski definition) is 0. The summed E-state index contributed by atoms with van der Waals surface area (Å²) in [6, 6.07) is 51.7. The summed E-state index contributed by atoms with van der Waals surface area (Å²) in [7, 11) is 0. The predicted octanol–water partition coefficient (Wildman–Crippen LogP) is 12.2. The van der Waals surface area contributed by atoms with Crippen LogP contribution in [0.25, 0.3) is 11.1 Å².